The average Bonchev–Trinajstić information content (AvgIpc) is 3.41. The minimum absolute atomic E-state index is 0.344. The van der Waals surface area contributed by atoms with Crippen molar-refractivity contribution in [2.45, 2.75) is 32.5 Å². The monoisotopic (exact) mass is 482 g/mol. The molecular weight excluding hydrogens is 457 g/mol. The molecule has 4 unspecified atom stereocenters. The summed E-state index contributed by atoms with van der Waals surface area (Å²) in [5.74, 6) is 1.31. The third-order valence-corrected chi connectivity index (χ3v) is 11.2. The molecule has 0 amide bonds. The first-order chi connectivity index (χ1) is 14.6. The maximum Gasteiger partial charge on any atom is 0.330 e. The van der Waals surface area contributed by atoms with Crippen molar-refractivity contribution in [1.82, 2.24) is 0 Å². The van der Waals surface area contributed by atoms with E-state index in [4.69, 9.17) is 9.47 Å². The molecule has 0 aliphatic carbocycles. The van der Waals surface area contributed by atoms with Crippen molar-refractivity contribution < 1.29 is 19.1 Å². The first-order valence-electron chi connectivity index (χ1n) is 9.76. The topological polar surface area (TPSA) is 52.6 Å². The maximum atomic E-state index is 11.3. The van der Waals surface area contributed by atoms with E-state index in [1.54, 1.807) is 0 Å². The molecule has 30 heavy (non-hydrogen) atoms. The van der Waals surface area contributed by atoms with Gasteiger partial charge in [-0.25, -0.2) is 9.59 Å². The predicted molar refractivity (Wildman–Crippen MR) is 131 cm³/mol. The Labute approximate surface area is 195 Å². The van der Waals surface area contributed by atoms with Crippen LogP contribution < -0.4 is 0 Å². The first-order valence-corrected chi connectivity index (χ1v) is 13.7. The van der Waals surface area contributed by atoms with Crippen LogP contribution in [0.1, 0.15) is 11.1 Å². The summed E-state index contributed by atoms with van der Waals surface area (Å²) in [7, 11) is 0. The zero-order valence-corrected chi connectivity index (χ0v) is 20.0. The maximum absolute atomic E-state index is 11.3. The number of esters is 2. The van der Waals surface area contributed by atoms with Crippen molar-refractivity contribution in [3.8, 4) is 0 Å². The van der Waals surface area contributed by atoms with Gasteiger partial charge in [0, 0.05) is 34.2 Å². The highest BCUT2D eigenvalue weighted by Crippen LogP contribution is 2.42. The molecular formula is C22H26O4S4. The lowest BCUT2D eigenvalue weighted by Crippen LogP contribution is -2.15. The van der Waals surface area contributed by atoms with Crippen molar-refractivity contribution in [2.24, 2.45) is 0 Å². The van der Waals surface area contributed by atoms with Gasteiger partial charge in [0.1, 0.15) is 13.2 Å². The summed E-state index contributed by atoms with van der Waals surface area (Å²) >= 11 is 7.70. The molecule has 8 heteroatoms. The van der Waals surface area contributed by atoms with E-state index in [9.17, 15) is 9.59 Å². The molecule has 2 aliphatic rings. The van der Waals surface area contributed by atoms with E-state index in [2.05, 4.69) is 37.4 Å². The lowest BCUT2D eigenvalue weighted by atomic mass is 10.0. The SMILES string of the molecule is C=CC(=O)OCC1CSC(Cc2ccccc2CC2SCC(COC(=O)C=C)S2)S1. The van der Waals surface area contributed by atoms with Crippen LogP contribution in [-0.4, -0.2) is 56.3 Å². The minimum Gasteiger partial charge on any atom is -0.461 e. The fraction of sp³-hybridized carbons (Fsp3) is 0.455. The van der Waals surface area contributed by atoms with Crippen LogP contribution in [0.15, 0.2) is 49.6 Å². The van der Waals surface area contributed by atoms with Crippen molar-refractivity contribution >= 4 is 59.0 Å². The standard InChI is InChI=1S/C22H26O4S4/c1-3-19(23)25-11-17-13-27-21(29-17)9-15-7-5-6-8-16(15)10-22-28-14-18(30-22)12-26-20(24)4-2/h3-8,17-18,21-22H,1-2,9-14H2. The summed E-state index contributed by atoms with van der Waals surface area (Å²) in [6, 6.07) is 8.68. The van der Waals surface area contributed by atoms with Gasteiger partial charge in [-0.1, -0.05) is 37.4 Å². The van der Waals surface area contributed by atoms with Gasteiger partial charge in [-0.2, -0.15) is 0 Å². The van der Waals surface area contributed by atoms with Crippen LogP contribution in [0.3, 0.4) is 0 Å². The molecule has 0 N–H and O–H groups in total. The van der Waals surface area contributed by atoms with Gasteiger partial charge < -0.3 is 9.47 Å². The van der Waals surface area contributed by atoms with Gasteiger partial charge in [-0.05, 0) is 24.0 Å². The predicted octanol–water partition coefficient (Wildman–Crippen LogP) is 4.58. The summed E-state index contributed by atoms with van der Waals surface area (Å²) < 4.78 is 11.4. The molecule has 4 nitrogen and oxygen atoms in total. The fourth-order valence-corrected chi connectivity index (χ4v) is 9.68. The molecule has 0 spiro atoms. The Morgan fingerprint density at radius 2 is 1.30 bits per heavy atom. The fourth-order valence-electron chi connectivity index (χ4n) is 3.19. The van der Waals surface area contributed by atoms with Crippen molar-refractivity contribution in [3.05, 3.63) is 60.7 Å². The van der Waals surface area contributed by atoms with Crippen LogP contribution in [0.4, 0.5) is 0 Å². The van der Waals surface area contributed by atoms with E-state index >= 15 is 0 Å². The van der Waals surface area contributed by atoms with E-state index in [1.165, 1.54) is 23.3 Å². The van der Waals surface area contributed by atoms with Crippen LogP contribution in [0.5, 0.6) is 0 Å². The van der Waals surface area contributed by atoms with Crippen molar-refractivity contribution in [1.29, 1.82) is 0 Å². The van der Waals surface area contributed by atoms with Gasteiger partial charge in [0.2, 0.25) is 0 Å². The molecule has 4 atom stereocenters. The molecule has 2 aliphatic heterocycles. The van der Waals surface area contributed by atoms with Gasteiger partial charge >= 0.3 is 11.9 Å². The second kappa shape index (κ2) is 12.2. The van der Waals surface area contributed by atoms with Crippen LogP contribution in [-0.2, 0) is 31.9 Å². The molecule has 0 saturated carbocycles. The van der Waals surface area contributed by atoms with Crippen LogP contribution >= 0.6 is 47.0 Å². The highest BCUT2D eigenvalue weighted by atomic mass is 32.2. The lowest BCUT2D eigenvalue weighted by Gasteiger charge is -2.16. The van der Waals surface area contributed by atoms with Crippen molar-refractivity contribution in [3.63, 3.8) is 0 Å². The summed E-state index contributed by atoms with van der Waals surface area (Å²) in [4.78, 5) is 22.5. The second-order valence-corrected chi connectivity index (χ2v) is 13.0. The van der Waals surface area contributed by atoms with Gasteiger partial charge in [0.25, 0.3) is 0 Å². The van der Waals surface area contributed by atoms with Gasteiger partial charge in [-0.3, -0.25) is 0 Å². The number of hydrogen-bond acceptors (Lipinski definition) is 8. The van der Waals surface area contributed by atoms with Gasteiger partial charge in [-0.15, -0.1) is 47.0 Å². The Balaban J connectivity index is 1.48. The summed E-state index contributed by atoms with van der Waals surface area (Å²) in [5.41, 5.74) is 2.79. The number of carbonyl (C=O) groups is 2. The molecule has 162 valence electrons. The van der Waals surface area contributed by atoms with Gasteiger partial charge in [0.15, 0.2) is 0 Å². The molecule has 3 rings (SSSR count). The zero-order chi connectivity index (χ0) is 21.3. The quantitative estimate of drug-likeness (QED) is 0.355. The minimum atomic E-state index is -0.349. The normalized spacial score (nSPS) is 25.6. The Kier molecular flexibility index (Phi) is 9.62. The number of hydrogen-bond donors (Lipinski definition) is 0. The van der Waals surface area contributed by atoms with E-state index in [0.717, 1.165) is 24.3 Å². The Morgan fingerprint density at radius 3 is 1.70 bits per heavy atom. The Bertz CT molecular complexity index is 706. The van der Waals surface area contributed by atoms with Crippen LogP contribution in [0.25, 0.3) is 0 Å². The Hall–Kier alpha value is -0.960. The molecule has 1 aromatic rings. The van der Waals surface area contributed by atoms with E-state index in [1.807, 2.05) is 47.0 Å². The number of carbonyl (C=O) groups excluding carboxylic acids is 2. The molecule has 2 fully saturated rings. The summed E-state index contributed by atoms with van der Waals surface area (Å²) in [6.45, 7) is 7.78. The first kappa shape index (κ1) is 23.7. The summed E-state index contributed by atoms with van der Waals surface area (Å²) in [5, 5.41) is 0.687. The third kappa shape index (κ3) is 7.32. The highest BCUT2D eigenvalue weighted by molar-refractivity contribution is 8.20. The van der Waals surface area contributed by atoms with Gasteiger partial charge in [0.05, 0.1) is 9.16 Å². The molecule has 0 bridgehead atoms. The average molecular weight is 483 g/mol. The number of benzene rings is 1. The van der Waals surface area contributed by atoms with Crippen molar-refractivity contribution in [2.75, 3.05) is 24.7 Å². The van der Waals surface area contributed by atoms with E-state index < -0.39 is 0 Å². The lowest BCUT2D eigenvalue weighted by molar-refractivity contribution is -0.138. The van der Waals surface area contributed by atoms with Crippen LogP contribution in [0, 0.1) is 0 Å². The smallest absolute Gasteiger partial charge is 0.330 e. The molecule has 2 heterocycles. The highest BCUT2D eigenvalue weighted by Gasteiger charge is 2.30. The number of rotatable bonds is 10. The summed E-state index contributed by atoms with van der Waals surface area (Å²) in [6.07, 6.45) is 4.46. The molecule has 1 aromatic carbocycles. The molecule has 2 saturated heterocycles. The number of thioether (sulfide) groups is 4. The largest absolute Gasteiger partial charge is 0.461 e. The molecule has 0 aromatic heterocycles. The van der Waals surface area contributed by atoms with E-state index in [-0.39, 0.29) is 11.9 Å². The third-order valence-electron chi connectivity index (χ3n) is 4.67. The number of ether oxygens (including phenoxy) is 2. The second-order valence-electron chi connectivity index (χ2n) is 6.89. The molecule has 0 radical (unpaired) electrons. The zero-order valence-electron chi connectivity index (χ0n) is 16.7. The van der Waals surface area contributed by atoms with Crippen LogP contribution in [0.2, 0.25) is 0 Å². The van der Waals surface area contributed by atoms with E-state index in [0.29, 0.717) is 32.9 Å². The Morgan fingerprint density at radius 1 is 0.867 bits per heavy atom.